The van der Waals surface area contributed by atoms with Crippen LogP contribution in [0.25, 0.3) is 11.0 Å². The van der Waals surface area contributed by atoms with Gasteiger partial charge in [-0.2, -0.15) is 0 Å². The van der Waals surface area contributed by atoms with Gasteiger partial charge in [0.2, 0.25) is 0 Å². The highest BCUT2D eigenvalue weighted by Crippen LogP contribution is 2.22. The molecule has 2 aromatic heterocycles. The summed E-state index contributed by atoms with van der Waals surface area (Å²) in [6, 6.07) is 5.60. The average Bonchev–Trinajstić information content (AvgIpc) is 2.85. The number of nitrogens with one attached hydrogen (secondary N) is 3. The lowest BCUT2D eigenvalue weighted by Gasteiger charge is -2.11. The second kappa shape index (κ2) is 4.86. The maximum atomic E-state index is 8.40. The lowest BCUT2D eigenvalue weighted by atomic mass is 10.0. The van der Waals surface area contributed by atoms with E-state index < -0.39 is 0 Å². The van der Waals surface area contributed by atoms with Crippen LogP contribution in [0.4, 0.5) is 11.6 Å². The molecule has 0 unspecified atom stereocenters. The van der Waals surface area contributed by atoms with E-state index in [1.54, 1.807) is 7.05 Å². The average molecular weight is 281 g/mol. The highest BCUT2D eigenvalue weighted by atomic mass is 15.0. The molecule has 0 aliphatic carbocycles. The Morgan fingerprint density at radius 2 is 2.14 bits per heavy atom. The van der Waals surface area contributed by atoms with Crippen LogP contribution in [0, 0.1) is 12.3 Å². The molecule has 0 saturated carbocycles. The number of nitrogens with zero attached hydrogens (tertiary/aromatic N) is 3. The summed E-state index contributed by atoms with van der Waals surface area (Å²) in [6.07, 6.45) is 1.37. The summed E-state index contributed by atoms with van der Waals surface area (Å²) in [5.41, 5.74) is 9.15. The lowest BCUT2D eigenvalue weighted by molar-refractivity contribution is 1.15. The number of anilines is 2. The molecule has 0 fully saturated rings. The highest BCUT2D eigenvalue weighted by molar-refractivity contribution is 6.17. The third-order valence-electron chi connectivity index (χ3n) is 3.25. The van der Waals surface area contributed by atoms with Crippen molar-refractivity contribution in [3.05, 3.63) is 41.5 Å². The molecule has 21 heavy (non-hydrogen) atoms. The maximum Gasteiger partial charge on any atom is 0.140 e. The largest absolute Gasteiger partial charge is 0.383 e. The first-order valence-corrected chi connectivity index (χ1v) is 6.44. The fourth-order valence-electron chi connectivity index (χ4n) is 2.27. The van der Waals surface area contributed by atoms with Crippen LogP contribution in [-0.4, -0.2) is 32.7 Å². The summed E-state index contributed by atoms with van der Waals surface area (Å²) in [5, 5.41) is 11.3. The number of aromatic nitrogens is 4. The van der Waals surface area contributed by atoms with Gasteiger partial charge in [0, 0.05) is 12.6 Å². The molecule has 7 nitrogen and oxygen atoms in total. The van der Waals surface area contributed by atoms with Crippen molar-refractivity contribution in [1.29, 1.82) is 5.41 Å². The van der Waals surface area contributed by atoms with Gasteiger partial charge in [0.25, 0.3) is 0 Å². The van der Waals surface area contributed by atoms with Crippen molar-refractivity contribution in [3.63, 3.8) is 0 Å². The van der Waals surface area contributed by atoms with Crippen molar-refractivity contribution in [3.8, 4) is 0 Å². The van der Waals surface area contributed by atoms with Crippen LogP contribution in [-0.2, 0) is 0 Å². The Balaban J connectivity index is 2.12. The predicted molar refractivity (Wildman–Crippen MR) is 82.8 cm³/mol. The van der Waals surface area contributed by atoms with E-state index in [2.05, 4.69) is 25.3 Å². The molecule has 5 N–H and O–H groups in total. The molecule has 0 spiro atoms. The SMILES string of the molecule is CNc1ncnc(N)c1C(=N)c1ccc2nc(C)[nH]c2c1. The lowest BCUT2D eigenvalue weighted by Crippen LogP contribution is -2.12. The molecule has 0 aliphatic heterocycles. The number of benzene rings is 1. The fourth-order valence-corrected chi connectivity index (χ4v) is 2.27. The van der Waals surface area contributed by atoms with Crippen molar-refractivity contribution in [2.45, 2.75) is 6.92 Å². The molecule has 106 valence electrons. The van der Waals surface area contributed by atoms with Crippen molar-refractivity contribution in [2.75, 3.05) is 18.1 Å². The van der Waals surface area contributed by atoms with Gasteiger partial charge in [0.15, 0.2) is 0 Å². The van der Waals surface area contributed by atoms with Crippen LogP contribution in [0.15, 0.2) is 24.5 Å². The Kier molecular flexibility index (Phi) is 3.02. The first-order chi connectivity index (χ1) is 10.1. The van der Waals surface area contributed by atoms with Crippen molar-refractivity contribution >= 4 is 28.4 Å². The minimum absolute atomic E-state index is 0.270. The Labute approximate surface area is 121 Å². The van der Waals surface area contributed by atoms with Gasteiger partial charge in [-0.1, -0.05) is 6.07 Å². The van der Waals surface area contributed by atoms with E-state index in [0.29, 0.717) is 11.4 Å². The van der Waals surface area contributed by atoms with Gasteiger partial charge >= 0.3 is 0 Å². The van der Waals surface area contributed by atoms with E-state index in [1.807, 2.05) is 25.1 Å². The minimum Gasteiger partial charge on any atom is -0.383 e. The molecular weight excluding hydrogens is 266 g/mol. The zero-order chi connectivity index (χ0) is 15.0. The van der Waals surface area contributed by atoms with E-state index in [-0.39, 0.29) is 11.5 Å². The van der Waals surface area contributed by atoms with Gasteiger partial charge in [0.05, 0.1) is 22.3 Å². The molecule has 0 saturated heterocycles. The second-order valence-electron chi connectivity index (χ2n) is 4.66. The molecule has 3 rings (SSSR count). The van der Waals surface area contributed by atoms with Crippen LogP contribution in [0.1, 0.15) is 17.0 Å². The molecule has 0 radical (unpaired) electrons. The molecule has 0 amide bonds. The van der Waals surface area contributed by atoms with E-state index in [1.165, 1.54) is 6.33 Å². The van der Waals surface area contributed by atoms with Crippen molar-refractivity contribution in [1.82, 2.24) is 19.9 Å². The van der Waals surface area contributed by atoms with Gasteiger partial charge in [-0.05, 0) is 19.1 Å². The van der Waals surface area contributed by atoms with E-state index in [9.17, 15) is 0 Å². The standard InChI is InChI=1S/C14H15N7/c1-7-20-9-4-3-8(5-10(9)21-7)12(15)11-13(16)18-6-19-14(11)17-2/h3-6,15H,1-2H3,(H,20,21)(H3,16,17,18,19). The number of nitrogens with two attached hydrogens (primary N) is 1. The Morgan fingerprint density at radius 1 is 1.33 bits per heavy atom. The highest BCUT2D eigenvalue weighted by Gasteiger charge is 2.16. The zero-order valence-corrected chi connectivity index (χ0v) is 11.7. The molecule has 0 bridgehead atoms. The zero-order valence-electron chi connectivity index (χ0n) is 11.7. The smallest absolute Gasteiger partial charge is 0.140 e. The summed E-state index contributed by atoms with van der Waals surface area (Å²) in [6.45, 7) is 1.90. The third kappa shape index (κ3) is 2.18. The number of imidazole rings is 1. The Morgan fingerprint density at radius 3 is 2.90 bits per heavy atom. The Bertz CT molecular complexity index is 834. The van der Waals surface area contributed by atoms with Crippen LogP contribution in [0.3, 0.4) is 0 Å². The van der Waals surface area contributed by atoms with Gasteiger partial charge in [0.1, 0.15) is 23.8 Å². The topological polar surface area (TPSA) is 116 Å². The summed E-state index contributed by atoms with van der Waals surface area (Å²) >= 11 is 0. The number of fused-ring (bicyclic) bond motifs is 1. The molecule has 1 aromatic carbocycles. The maximum absolute atomic E-state index is 8.40. The predicted octanol–water partition coefficient (Wildman–Crippen LogP) is 1.70. The van der Waals surface area contributed by atoms with Crippen LogP contribution >= 0.6 is 0 Å². The molecule has 7 heteroatoms. The number of aromatic amines is 1. The van der Waals surface area contributed by atoms with Crippen LogP contribution in [0.2, 0.25) is 0 Å². The number of aryl methyl sites for hydroxylation is 1. The second-order valence-corrected chi connectivity index (χ2v) is 4.66. The number of H-pyrrole nitrogens is 1. The molecule has 2 heterocycles. The molecule has 0 aliphatic rings. The summed E-state index contributed by atoms with van der Waals surface area (Å²) in [5.74, 6) is 1.65. The monoisotopic (exact) mass is 281 g/mol. The van der Waals surface area contributed by atoms with Gasteiger partial charge < -0.3 is 16.0 Å². The quantitative estimate of drug-likeness (QED) is 0.545. The normalized spacial score (nSPS) is 10.8. The van der Waals surface area contributed by atoms with Gasteiger partial charge in [-0.25, -0.2) is 15.0 Å². The third-order valence-corrected chi connectivity index (χ3v) is 3.25. The van der Waals surface area contributed by atoms with E-state index in [0.717, 1.165) is 22.4 Å². The minimum atomic E-state index is 0.270. The number of nitrogen functional groups attached to an aromatic ring is 1. The van der Waals surface area contributed by atoms with E-state index >= 15 is 0 Å². The first kappa shape index (κ1) is 13.0. The molecule has 0 atom stereocenters. The van der Waals surface area contributed by atoms with Gasteiger partial charge in [-0.15, -0.1) is 0 Å². The number of hydrogen-bond donors (Lipinski definition) is 4. The number of rotatable bonds is 3. The summed E-state index contributed by atoms with van der Waals surface area (Å²) in [4.78, 5) is 15.6. The first-order valence-electron chi connectivity index (χ1n) is 6.44. The van der Waals surface area contributed by atoms with Gasteiger partial charge in [-0.3, -0.25) is 5.41 Å². The summed E-state index contributed by atoms with van der Waals surface area (Å²) < 4.78 is 0. The number of hydrogen-bond acceptors (Lipinski definition) is 6. The summed E-state index contributed by atoms with van der Waals surface area (Å²) in [7, 11) is 1.74. The van der Waals surface area contributed by atoms with Crippen molar-refractivity contribution < 1.29 is 0 Å². The molecule has 3 aromatic rings. The molecular formula is C14H15N7. The van der Waals surface area contributed by atoms with E-state index in [4.69, 9.17) is 11.1 Å². The van der Waals surface area contributed by atoms with Crippen LogP contribution in [0.5, 0.6) is 0 Å². The van der Waals surface area contributed by atoms with Crippen LogP contribution < -0.4 is 11.1 Å². The Hall–Kier alpha value is -2.96. The fraction of sp³-hybridized carbons (Fsp3) is 0.143. The van der Waals surface area contributed by atoms with Crippen molar-refractivity contribution in [2.24, 2.45) is 0 Å².